The maximum absolute atomic E-state index is 11.3. The van der Waals surface area contributed by atoms with Gasteiger partial charge in [0.1, 0.15) is 6.10 Å². The van der Waals surface area contributed by atoms with Crippen LogP contribution in [0.5, 0.6) is 0 Å². The second-order valence-electron chi connectivity index (χ2n) is 5.54. The first-order valence-corrected chi connectivity index (χ1v) is 7.26. The van der Waals surface area contributed by atoms with Crippen LogP contribution in [0.3, 0.4) is 0 Å². The maximum atomic E-state index is 11.3. The van der Waals surface area contributed by atoms with E-state index in [9.17, 15) is 4.79 Å². The van der Waals surface area contributed by atoms with Crippen LogP contribution in [-0.4, -0.2) is 23.8 Å². The van der Waals surface area contributed by atoms with Crippen LogP contribution in [0.4, 0.5) is 0 Å². The Balaban J connectivity index is 4.19. The summed E-state index contributed by atoms with van der Waals surface area (Å²) < 4.78 is 5.17. The van der Waals surface area contributed by atoms with E-state index in [1.807, 2.05) is 0 Å². The number of ether oxygens (including phenoxy) is 1. The van der Waals surface area contributed by atoms with E-state index in [1.54, 1.807) is 0 Å². The molecule has 4 unspecified atom stereocenters. The molecule has 0 bridgehead atoms. The Kier molecular flexibility index (Phi) is 9.08. The molecule has 108 valence electrons. The normalized spacial score (nSPS) is 17.9. The van der Waals surface area contributed by atoms with Gasteiger partial charge in [0, 0.05) is 0 Å². The first kappa shape index (κ1) is 17.4. The number of aliphatic hydroxyl groups is 1. The molecule has 0 amide bonds. The lowest BCUT2D eigenvalue weighted by molar-refractivity contribution is -0.154. The molecule has 0 heterocycles. The van der Waals surface area contributed by atoms with Gasteiger partial charge in [0.05, 0.1) is 6.61 Å². The molecule has 0 aliphatic carbocycles. The summed E-state index contributed by atoms with van der Waals surface area (Å²) >= 11 is 0. The SMILES string of the molecule is CCC(C)CCC(COC(=O)C(C)O)C(C)CC. The highest BCUT2D eigenvalue weighted by atomic mass is 16.5. The van der Waals surface area contributed by atoms with Gasteiger partial charge >= 0.3 is 5.97 Å². The smallest absolute Gasteiger partial charge is 0.334 e. The standard InChI is InChI=1S/C15H30O3/c1-6-11(3)8-9-14(12(4)7-2)10-18-15(17)13(5)16/h11-14,16H,6-10H2,1-5H3. The first-order valence-electron chi connectivity index (χ1n) is 7.26. The van der Waals surface area contributed by atoms with Crippen LogP contribution in [0.25, 0.3) is 0 Å². The van der Waals surface area contributed by atoms with Gasteiger partial charge in [-0.2, -0.15) is 0 Å². The van der Waals surface area contributed by atoms with Gasteiger partial charge in [-0.3, -0.25) is 0 Å². The minimum absolute atomic E-state index is 0.409. The van der Waals surface area contributed by atoms with Crippen molar-refractivity contribution in [2.24, 2.45) is 17.8 Å². The fraction of sp³-hybridized carbons (Fsp3) is 0.933. The van der Waals surface area contributed by atoms with Crippen LogP contribution in [0.15, 0.2) is 0 Å². The second kappa shape index (κ2) is 9.37. The van der Waals surface area contributed by atoms with Gasteiger partial charge < -0.3 is 9.84 Å². The molecule has 18 heavy (non-hydrogen) atoms. The van der Waals surface area contributed by atoms with E-state index >= 15 is 0 Å². The lowest BCUT2D eigenvalue weighted by atomic mass is 9.86. The van der Waals surface area contributed by atoms with Gasteiger partial charge in [0.25, 0.3) is 0 Å². The molecule has 1 N–H and O–H groups in total. The molecule has 0 radical (unpaired) electrons. The number of hydrogen-bond donors (Lipinski definition) is 1. The summed E-state index contributed by atoms with van der Waals surface area (Å²) in [5, 5.41) is 9.11. The van der Waals surface area contributed by atoms with E-state index in [4.69, 9.17) is 9.84 Å². The fourth-order valence-corrected chi connectivity index (χ4v) is 1.88. The van der Waals surface area contributed by atoms with E-state index in [-0.39, 0.29) is 0 Å². The largest absolute Gasteiger partial charge is 0.463 e. The van der Waals surface area contributed by atoms with Gasteiger partial charge in [-0.1, -0.05) is 47.0 Å². The van der Waals surface area contributed by atoms with Crippen LogP contribution in [0.1, 0.15) is 60.3 Å². The van der Waals surface area contributed by atoms with Gasteiger partial charge in [-0.05, 0) is 31.1 Å². The van der Waals surface area contributed by atoms with Crippen molar-refractivity contribution >= 4 is 5.97 Å². The molecule has 4 atom stereocenters. The molecule has 0 aromatic heterocycles. The monoisotopic (exact) mass is 258 g/mol. The van der Waals surface area contributed by atoms with Crippen molar-refractivity contribution in [3.8, 4) is 0 Å². The number of rotatable bonds is 9. The molecule has 0 rings (SSSR count). The molecule has 0 spiro atoms. The maximum Gasteiger partial charge on any atom is 0.334 e. The molecule has 3 heteroatoms. The highest BCUT2D eigenvalue weighted by Gasteiger charge is 2.20. The molecule has 0 aromatic rings. The number of carbonyl (C=O) groups excluding carboxylic acids is 1. The Morgan fingerprint density at radius 2 is 1.72 bits per heavy atom. The predicted octanol–water partition coefficient (Wildman–Crippen LogP) is 3.40. The summed E-state index contributed by atoms with van der Waals surface area (Å²) in [4.78, 5) is 11.3. The van der Waals surface area contributed by atoms with Crippen molar-refractivity contribution in [2.75, 3.05) is 6.61 Å². The number of carbonyl (C=O) groups is 1. The van der Waals surface area contributed by atoms with Crippen molar-refractivity contribution in [2.45, 2.75) is 66.4 Å². The summed E-state index contributed by atoms with van der Waals surface area (Å²) in [5.74, 6) is 1.18. The van der Waals surface area contributed by atoms with Crippen LogP contribution in [0.2, 0.25) is 0 Å². The Morgan fingerprint density at radius 1 is 1.11 bits per heavy atom. The Hall–Kier alpha value is -0.570. The van der Waals surface area contributed by atoms with Crippen molar-refractivity contribution in [1.82, 2.24) is 0 Å². The van der Waals surface area contributed by atoms with Gasteiger partial charge in [-0.25, -0.2) is 4.79 Å². The van der Waals surface area contributed by atoms with Crippen molar-refractivity contribution in [1.29, 1.82) is 0 Å². The van der Waals surface area contributed by atoms with Crippen LogP contribution >= 0.6 is 0 Å². The van der Waals surface area contributed by atoms with E-state index in [0.29, 0.717) is 18.4 Å². The van der Waals surface area contributed by atoms with E-state index in [1.165, 1.54) is 19.8 Å². The summed E-state index contributed by atoms with van der Waals surface area (Å²) in [7, 11) is 0. The Labute approximate surface area is 112 Å². The molecule has 0 aromatic carbocycles. The molecule has 3 nitrogen and oxygen atoms in total. The summed E-state index contributed by atoms with van der Waals surface area (Å²) in [6, 6.07) is 0. The van der Waals surface area contributed by atoms with Crippen LogP contribution in [-0.2, 0) is 9.53 Å². The molecular formula is C15H30O3. The lowest BCUT2D eigenvalue weighted by Crippen LogP contribution is -2.25. The summed E-state index contributed by atoms with van der Waals surface area (Å²) in [6.07, 6.45) is 3.55. The van der Waals surface area contributed by atoms with E-state index in [0.717, 1.165) is 18.8 Å². The molecule has 0 fully saturated rings. The van der Waals surface area contributed by atoms with Crippen molar-refractivity contribution < 1.29 is 14.6 Å². The zero-order valence-electron chi connectivity index (χ0n) is 12.6. The lowest BCUT2D eigenvalue weighted by Gasteiger charge is -2.24. The quantitative estimate of drug-likeness (QED) is 0.645. The third kappa shape index (κ3) is 7.00. The van der Waals surface area contributed by atoms with Crippen LogP contribution < -0.4 is 0 Å². The van der Waals surface area contributed by atoms with Crippen molar-refractivity contribution in [3.05, 3.63) is 0 Å². The molecule has 0 saturated heterocycles. The van der Waals surface area contributed by atoms with Gasteiger partial charge in [-0.15, -0.1) is 0 Å². The van der Waals surface area contributed by atoms with E-state index < -0.39 is 12.1 Å². The zero-order valence-corrected chi connectivity index (χ0v) is 12.6. The molecular weight excluding hydrogens is 228 g/mol. The van der Waals surface area contributed by atoms with Crippen molar-refractivity contribution in [3.63, 3.8) is 0 Å². The first-order chi connectivity index (χ1) is 8.42. The second-order valence-corrected chi connectivity index (χ2v) is 5.54. The average molecular weight is 258 g/mol. The highest BCUT2D eigenvalue weighted by molar-refractivity contribution is 5.73. The average Bonchev–Trinajstić information content (AvgIpc) is 2.36. The Bertz CT molecular complexity index is 226. The minimum atomic E-state index is -1.02. The predicted molar refractivity (Wildman–Crippen MR) is 74.3 cm³/mol. The minimum Gasteiger partial charge on any atom is -0.463 e. The highest BCUT2D eigenvalue weighted by Crippen LogP contribution is 2.24. The fourth-order valence-electron chi connectivity index (χ4n) is 1.88. The zero-order chi connectivity index (χ0) is 14.1. The van der Waals surface area contributed by atoms with Gasteiger partial charge in [0.2, 0.25) is 0 Å². The topological polar surface area (TPSA) is 46.5 Å². The summed E-state index contributed by atoms with van der Waals surface area (Å²) in [6.45, 7) is 10.7. The number of esters is 1. The van der Waals surface area contributed by atoms with Crippen LogP contribution in [0, 0.1) is 17.8 Å². The summed E-state index contributed by atoms with van der Waals surface area (Å²) in [5.41, 5.74) is 0. The molecule has 0 aliphatic heterocycles. The third-order valence-corrected chi connectivity index (χ3v) is 3.96. The molecule has 0 aliphatic rings. The number of aliphatic hydroxyl groups excluding tert-OH is 1. The third-order valence-electron chi connectivity index (χ3n) is 3.96. The molecule has 0 saturated carbocycles. The Morgan fingerprint density at radius 3 is 2.17 bits per heavy atom. The number of hydrogen-bond acceptors (Lipinski definition) is 3. The van der Waals surface area contributed by atoms with E-state index in [2.05, 4.69) is 27.7 Å². The van der Waals surface area contributed by atoms with Gasteiger partial charge in [0.15, 0.2) is 0 Å².